The number of sulfonamides is 2. The molecule has 9 nitrogen and oxygen atoms in total. The van der Waals surface area contributed by atoms with Crippen LogP contribution in [0, 0.1) is 0 Å². The van der Waals surface area contributed by atoms with E-state index in [4.69, 9.17) is 0 Å². The average molecular weight is 503 g/mol. The van der Waals surface area contributed by atoms with E-state index in [2.05, 4.69) is 48.0 Å². The molecular formula is C14H23F6N5O4S2+2. The minimum atomic E-state index is -6.60. The van der Waals surface area contributed by atoms with E-state index in [9.17, 15) is 43.2 Å². The predicted molar refractivity (Wildman–Crippen MR) is 95.6 cm³/mol. The van der Waals surface area contributed by atoms with Gasteiger partial charge in [0.2, 0.25) is 12.7 Å². The second kappa shape index (κ2) is 10.9. The highest BCUT2D eigenvalue weighted by Gasteiger charge is 2.55. The molecule has 0 atom stereocenters. The zero-order valence-corrected chi connectivity index (χ0v) is 18.5. The molecule has 0 amide bonds. The molecule has 2 aromatic rings. The minimum Gasteiger partial charge on any atom is -0.240 e. The molecule has 2 heterocycles. The van der Waals surface area contributed by atoms with Gasteiger partial charge in [-0.15, -0.1) is 0 Å². The van der Waals surface area contributed by atoms with E-state index in [0.29, 0.717) is 0 Å². The van der Waals surface area contributed by atoms with Gasteiger partial charge < -0.3 is 0 Å². The van der Waals surface area contributed by atoms with Gasteiger partial charge in [0.15, 0.2) is 0 Å². The lowest BCUT2D eigenvalue weighted by Crippen LogP contribution is -2.45. The van der Waals surface area contributed by atoms with E-state index < -0.39 is 35.2 Å². The summed E-state index contributed by atoms with van der Waals surface area (Å²) in [5.41, 5.74) is -12.3. The molecule has 17 heteroatoms. The molecule has 31 heavy (non-hydrogen) atoms. The van der Waals surface area contributed by atoms with Crippen molar-refractivity contribution in [3.8, 4) is 0 Å². The summed E-state index contributed by atoms with van der Waals surface area (Å²) in [5, 5.41) is 0. The van der Waals surface area contributed by atoms with Gasteiger partial charge in [0.1, 0.15) is 24.8 Å². The highest BCUT2D eigenvalue weighted by molar-refractivity contribution is 8.05. The molecule has 0 saturated carbocycles. The van der Waals surface area contributed by atoms with Crippen LogP contribution < -0.4 is 13.3 Å². The fraction of sp³-hybridized carbons (Fsp3) is 0.571. The monoisotopic (exact) mass is 503 g/mol. The Bertz CT molecular complexity index is 944. The molecule has 0 unspecified atom stereocenters. The number of halogens is 6. The summed E-state index contributed by atoms with van der Waals surface area (Å²) in [4.78, 5) is 0. The van der Waals surface area contributed by atoms with E-state index in [-0.39, 0.29) is 0 Å². The fourth-order valence-corrected chi connectivity index (χ4v) is 3.53. The van der Waals surface area contributed by atoms with E-state index in [1.165, 1.54) is 0 Å². The van der Waals surface area contributed by atoms with Crippen LogP contribution in [0.5, 0.6) is 0 Å². The summed E-state index contributed by atoms with van der Waals surface area (Å²) in [7, 11) is -9.15. The number of imidazole rings is 2. The Morgan fingerprint density at radius 2 is 1.03 bits per heavy atom. The Kier molecular flexibility index (Phi) is 10.2. The second-order valence-electron chi connectivity index (χ2n) is 5.80. The van der Waals surface area contributed by atoms with Gasteiger partial charge in [0.05, 0.1) is 27.2 Å². The van der Waals surface area contributed by atoms with Gasteiger partial charge in [-0.2, -0.15) is 26.3 Å². The molecule has 0 radical (unpaired) electrons. The van der Waals surface area contributed by atoms with Crippen LogP contribution in [-0.2, 0) is 47.2 Å². The number of hydrogen-bond acceptors (Lipinski definition) is 4. The average Bonchev–Trinajstić information content (AvgIpc) is 3.21. The molecular weight excluding hydrogens is 480 g/mol. The molecule has 0 aliphatic rings. The minimum absolute atomic E-state index is 0.493. The van der Waals surface area contributed by atoms with E-state index in [1.807, 2.05) is 35.6 Å². The lowest BCUT2D eigenvalue weighted by molar-refractivity contribution is -0.693. The van der Waals surface area contributed by atoms with Crippen molar-refractivity contribution in [2.45, 2.75) is 38.0 Å². The lowest BCUT2D eigenvalue weighted by Gasteiger charge is -2.11. The van der Waals surface area contributed by atoms with Crippen molar-refractivity contribution in [1.82, 2.24) is 13.3 Å². The molecule has 1 N–H and O–H groups in total. The lowest BCUT2D eigenvalue weighted by atomic mass is 10.7. The quantitative estimate of drug-likeness (QED) is 0.496. The Hall–Kier alpha value is -2.14. The third-order valence-electron chi connectivity index (χ3n) is 3.21. The van der Waals surface area contributed by atoms with Crippen molar-refractivity contribution in [2.75, 3.05) is 0 Å². The van der Waals surface area contributed by atoms with Crippen LogP contribution in [-0.4, -0.2) is 37.0 Å². The topological polar surface area (TPSA) is 97.9 Å². The summed E-state index contributed by atoms with van der Waals surface area (Å²) in [6, 6.07) is 0. The highest BCUT2D eigenvalue weighted by Crippen LogP contribution is 2.27. The molecule has 180 valence electrons. The van der Waals surface area contributed by atoms with Crippen LogP contribution in [0.2, 0.25) is 0 Å². The Balaban J connectivity index is 0.000000471. The SMILES string of the molecule is CC[n+]1ccn(C)c1.CC[n+]1ccn(C)c1.O=S(=O)(NS(=O)(=O)C(F)(F)F)C(F)(F)F. The molecule has 0 spiro atoms. The highest BCUT2D eigenvalue weighted by atomic mass is 32.3. The number of rotatable bonds is 4. The fourth-order valence-electron chi connectivity index (χ4n) is 1.62. The second-order valence-corrected chi connectivity index (χ2v) is 9.41. The van der Waals surface area contributed by atoms with Crippen molar-refractivity contribution < 1.29 is 52.3 Å². The molecule has 0 aliphatic heterocycles. The summed E-state index contributed by atoms with van der Waals surface area (Å²) in [6.45, 7) is 6.36. The summed E-state index contributed by atoms with van der Waals surface area (Å²) in [6.07, 6.45) is 12.3. The first-order chi connectivity index (χ1) is 13.9. The number of nitrogens with zero attached hydrogens (tertiary/aromatic N) is 4. The summed E-state index contributed by atoms with van der Waals surface area (Å²) >= 11 is 0. The third-order valence-corrected chi connectivity index (χ3v) is 6.18. The Morgan fingerprint density at radius 1 is 0.742 bits per heavy atom. The van der Waals surface area contributed by atoms with E-state index in [1.54, 1.807) is 0 Å². The maximum Gasteiger partial charge on any atom is 0.512 e. The summed E-state index contributed by atoms with van der Waals surface area (Å²) in [5.74, 6) is 0. The van der Waals surface area contributed by atoms with Gasteiger partial charge in [-0.1, -0.05) is 4.13 Å². The van der Waals surface area contributed by atoms with Gasteiger partial charge in [-0.25, -0.2) is 35.1 Å². The van der Waals surface area contributed by atoms with Crippen LogP contribution in [0.25, 0.3) is 0 Å². The normalized spacial score (nSPS) is 12.5. The first kappa shape index (κ1) is 28.9. The standard InChI is InChI=1S/2C6H11N2.C2HF6NO4S2/c2*1-3-8-5-4-7(2)6-8;3-1(4,5)14(10,11)9-15(12,13)2(6,7)8/h2*4-6H,3H2,1-2H3;9H/q2*+1;. The number of hydrogen-bond donors (Lipinski definition) is 1. The molecule has 0 fully saturated rings. The molecule has 0 aromatic carbocycles. The zero-order chi connectivity index (χ0) is 24.7. The van der Waals surface area contributed by atoms with Crippen LogP contribution >= 0.6 is 0 Å². The van der Waals surface area contributed by atoms with Crippen LogP contribution in [0.1, 0.15) is 13.8 Å². The first-order valence-electron chi connectivity index (χ1n) is 8.29. The number of nitrogens with one attached hydrogen (secondary N) is 1. The number of alkyl halides is 6. The van der Waals surface area contributed by atoms with Gasteiger partial charge in [-0.05, 0) is 13.8 Å². The molecule has 0 bridgehead atoms. The van der Waals surface area contributed by atoms with Crippen LogP contribution in [0.15, 0.2) is 37.4 Å². The molecule has 2 aromatic heterocycles. The van der Waals surface area contributed by atoms with Crippen LogP contribution in [0.3, 0.4) is 0 Å². The third kappa shape index (κ3) is 9.69. The maximum absolute atomic E-state index is 11.5. The van der Waals surface area contributed by atoms with Crippen LogP contribution in [0.4, 0.5) is 26.3 Å². The van der Waals surface area contributed by atoms with Crippen molar-refractivity contribution in [3.63, 3.8) is 0 Å². The van der Waals surface area contributed by atoms with Crippen molar-refractivity contribution >= 4 is 20.0 Å². The molecule has 0 aliphatic carbocycles. The van der Waals surface area contributed by atoms with Gasteiger partial charge in [0.25, 0.3) is 0 Å². The van der Waals surface area contributed by atoms with Gasteiger partial charge >= 0.3 is 31.1 Å². The van der Waals surface area contributed by atoms with Crippen molar-refractivity contribution in [2.24, 2.45) is 14.1 Å². The largest absolute Gasteiger partial charge is 0.512 e. The Morgan fingerprint density at radius 3 is 1.16 bits per heavy atom. The van der Waals surface area contributed by atoms with Crippen molar-refractivity contribution in [3.05, 3.63) is 37.4 Å². The summed E-state index contributed by atoms with van der Waals surface area (Å²) < 4.78 is 117. The van der Waals surface area contributed by atoms with Gasteiger partial charge in [0, 0.05) is 0 Å². The number of aromatic nitrogens is 4. The predicted octanol–water partition coefficient (Wildman–Crippen LogP) is 0.940. The Labute approximate surface area is 175 Å². The smallest absolute Gasteiger partial charge is 0.240 e. The number of aryl methyl sites for hydroxylation is 4. The first-order valence-corrected chi connectivity index (χ1v) is 11.3. The molecule has 0 saturated heterocycles. The van der Waals surface area contributed by atoms with Gasteiger partial charge in [-0.3, -0.25) is 0 Å². The zero-order valence-electron chi connectivity index (χ0n) is 16.9. The van der Waals surface area contributed by atoms with E-state index >= 15 is 0 Å². The van der Waals surface area contributed by atoms with E-state index in [0.717, 1.165) is 13.1 Å². The van der Waals surface area contributed by atoms with Crippen molar-refractivity contribution in [1.29, 1.82) is 0 Å². The maximum atomic E-state index is 11.5. The molecule has 2 rings (SSSR count).